The topological polar surface area (TPSA) is 69.0 Å². The molecule has 0 unspecified atom stereocenters. The zero-order valence-corrected chi connectivity index (χ0v) is 16.5. The third kappa shape index (κ3) is 4.54. The molecule has 0 radical (unpaired) electrons. The Morgan fingerprint density at radius 3 is 2.90 bits per heavy atom. The van der Waals surface area contributed by atoms with Crippen molar-refractivity contribution in [2.24, 2.45) is 0 Å². The standard InChI is InChI=1S/C23H24N4O2/c1-29-20-10-5-7-17(15-20)12-13-22(28)24-19-9-6-8-18(16-19)23-26-25-21-11-3-2-4-14-27(21)23/h5-10,12-13,15-16H,2-4,11,14H2,1H3,(H,24,28)/b13-12+. The maximum absolute atomic E-state index is 12.4. The van der Waals surface area contributed by atoms with Crippen molar-refractivity contribution in [1.82, 2.24) is 14.8 Å². The van der Waals surface area contributed by atoms with Crippen LogP contribution in [0.3, 0.4) is 0 Å². The zero-order valence-electron chi connectivity index (χ0n) is 16.5. The van der Waals surface area contributed by atoms with Crippen LogP contribution in [-0.4, -0.2) is 27.8 Å². The van der Waals surface area contributed by atoms with E-state index in [1.807, 2.05) is 48.5 Å². The fourth-order valence-corrected chi connectivity index (χ4v) is 3.54. The van der Waals surface area contributed by atoms with Crippen LogP contribution < -0.4 is 10.1 Å². The van der Waals surface area contributed by atoms with E-state index in [1.54, 1.807) is 13.2 Å². The molecule has 3 aromatic rings. The van der Waals surface area contributed by atoms with Crippen LogP contribution in [0.1, 0.15) is 30.7 Å². The number of carbonyl (C=O) groups is 1. The number of methoxy groups -OCH3 is 1. The quantitative estimate of drug-likeness (QED) is 0.661. The minimum absolute atomic E-state index is 0.190. The summed E-state index contributed by atoms with van der Waals surface area (Å²) in [6, 6.07) is 15.3. The van der Waals surface area contributed by atoms with Crippen LogP contribution in [0.5, 0.6) is 5.75 Å². The molecule has 1 amide bonds. The Hall–Kier alpha value is -3.41. The average molecular weight is 388 g/mol. The number of carbonyl (C=O) groups excluding carboxylic acids is 1. The predicted molar refractivity (Wildman–Crippen MR) is 114 cm³/mol. The summed E-state index contributed by atoms with van der Waals surface area (Å²) in [5, 5.41) is 11.7. The molecular formula is C23H24N4O2. The lowest BCUT2D eigenvalue weighted by atomic mass is 10.1. The van der Waals surface area contributed by atoms with E-state index in [0.29, 0.717) is 0 Å². The number of nitrogens with zero attached hydrogens (tertiary/aromatic N) is 3. The number of benzene rings is 2. The highest BCUT2D eigenvalue weighted by molar-refractivity contribution is 6.02. The maximum Gasteiger partial charge on any atom is 0.248 e. The van der Waals surface area contributed by atoms with Crippen molar-refractivity contribution in [3.63, 3.8) is 0 Å². The molecule has 2 aromatic carbocycles. The number of hydrogen-bond acceptors (Lipinski definition) is 4. The maximum atomic E-state index is 12.4. The van der Waals surface area contributed by atoms with Gasteiger partial charge in [0.25, 0.3) is 0 Å². The number of fused-ring (bicyclic) bond motifs is 1. The van der Waals surface area contributed by atoms with E-state index in [0.717, 1.165) is 60.0 Å². The second-order valence-corrected chi connectivity index (χ2v) is 7.08. The van der Waals surface area contributed by atoms with E-state index in [2.05, 4.69) is 20.1 Å². The molecule has 0 aliphatic carbocycles. The van der Waals surface area contributed by atoms with Crippen molar-refractivity contribution in [3.8, 4) is 17.1 Å². The smallest absolute Gasteiger partial charge is 0.248 e. The third-order valence-corrected chi connectivity index (χ3v) is 5.02. The van der Waals surface area contributed by atoms with E-state index in [1.165, 1.54) is 12.5 Å². The van der Waals surface area contributed by atoms with Gasteiger partial charge < -0.3 is 14.6 Å². The highest BCUT2D eigenvalue weighted by Gasteiger charge is 2.16. The number of amides is 1. The SMILES string of the molecule is COc1cccc(/C=C/C(=O)Nc2cccc(-c3nnc4n3CCCCC4)c2)c1. The van der Waals surface area contributed by atoms with Gasteiger partial charge in [-0.05, 0) is 48.7 Å². The fraction of sp³-hybridized carbons (Fsp3) is 0.261. The largest absolute Gasteiger partial charge is 0.497 e. The molecule has 1 aliphatic rings. The lowest BCUT2D eigenvalue weighted by Gasteiger charge is -2.09. The molecule has 1 aliphatic heterocycles. The molecule has 0 spiro atoms. The number of hydrogen-bond donors (Lipinski definition) is 1. The van der Waals surface area contributed by atoms with Gasteiger partial charge in [0.2, 0.25) is 5.91 Å². The fourth-order valence-electron chi connectivity index (χ4n) is 3.54. The Morgan fingerprint density at radius 1 is 1.10 bits per heavy atom. The molecule has 2 heterocycles. The number of aromatic nitrogens is 3. The summed E-state index contributed by atoms with van der Waals surface area (Å²) in [5.41, 5.74) is 2.59. The number of ether oxygens (including phenoxy) is 1. The van der Waals surface area contributed by atoms with Gasteiger partial charge in [-0.3, -0.25) is 4.79 Å². The normalized spacial score (nSPS) is 13.7. The van der Waals surface area contributed by atoms with Crippen LogP contribution in [0.15, 0.2) is 54.6 Å². The van der Waals surface area contributed by atoms with Gasteiger partial charge in [-0.25, -0.2) is 0 Å². The highest BCUT2D eigenvalue weighted by atomic mass is 16.5. The van der Waals surface area contributed by atoms with Crippen LogP contribution in [0.4, 0.5) is 5.69 Å². The Bertz CT molecular complexity index is 1040. The van der Waals surface area contributed by atoms with E-state index in [4.69, 9.17) is 4.74 Å². The first-order valence-electron chi connectivity index (χ1n) is 9.88. The zero-order chi connectivity index (χ0) is 20.1. The molecule has 4 rings (SSSR count). The molecule has 1 N–H and O–H groups in total. The molecule has 29 heavy (non-hydrogen) atoms. The first-order valence-corrected chi connectivity index (χ1v) is 9.88. The summed E-state index contributed by atoms with van der Waals surface area (Å²) in [4.78, 5) is 12.4. The van der Waals surface area contributed by atoms with Crippen LogP contribution in [-0.2, 0) is 17.8 Å². The molecule has 148 valence electrons. The number of anilines is 1. The summed E-state index contributed by atoms with van der Waals surface area (Å²) in [5.74, 6) is 2.48. The van der Waals surface area contributed by atoms with Crippen molar-refractivity contribution in [2.75, 3.05) is 12.4 Å². The summed E-state index contributed by atoms with van der Waals surface area (Å²) in [6.45, 7) is 0.942. The molecule has 0 saturated heterocycles. The van der Waals surface area contributed by atoms with Crippen molar-refractivity contribution in [1.29, 1.82) is 0 Å². The Morgan fingerprint density at radius 2 is 2.00 bits per heavy atom. The summed E-state index contributed by atoms with van der Waals surface area (Å²) >= 11 is 0. The van der Waals surface area contributed by atoms with Crippen molar-refractivity contribution in [2.45, 2.75) is 32.2 Å². The Kier molecular flexibility index (Phi) is 5.70. The van der Waals surface area contributed by atoms with E-state index in [9.17, 15) is 4.79 Å². The summed E-state index contributed by atoms with van der Waals surface area (Å²) < 4.78 is 7.41. The molecule has 6 heteroatoms. The van der Waals surface area contributed by atoms with Gasteiger partial charge in [0.1, 0.15) is 11.6 Å². The lowest BCUT2D eigenvalue weighted by molar-refractivity contribution is -0.111. The second-order valence-electron chi connectivity index (χ2n) is 7.08. The van der Waals surface area contributed by atoms with Crippen LogP contribution in [0, 0.1) is 0 Å². The van der Waals surface area contributed by atoms with Crippen LogP contribution in [0.2, 0.25) is 0 Å². The molecule has 0 saturated carbocycles. The van der Waals surface area contributed by atoms with Crippen LogP contribution in [0.25, 0.3) is 17.5 Å². The van der Waals surface area contributed by atoms with E-state index < -0.39 is 0 Å². The minimum Gasteiger partial charge on any atom is -0.497 e. The monoisotopic (exact) mass is 388 g/mol. The Labute approximate surface area is 170 Å². The average Bonchev–Trinajstić information content (AvgIpc) is 3.01. The van der Waals surface area contributed by atoms with Gasteiger partial charge in [-0.2, -0.15) is 0 Å². The van der Waals surface area contributed by atoms with Crippen molar-refractivity contribution < 1.29 is 9.53 Å². The number of aryl methyl sites for hydroxylation is 1. The molecule has 0 atom stereocenters. The molecule has 0 bridgehead atoms. The van der Waals surface area contributed by atoms with E-state index >= 15 is 0 Å². The van der Waals surface area contributed by atoms with Crippen molar-refractivity contribution in [3.05, 3.63) is 66.0 Å². The molecular weight excluding hydrogens is 364 g/mol. The van der Waals surface area contributed by atoms with Crippen molar-refractivity contribution >= 4 is 17.7 Å². The Balaban J connectivity index is 1.48. The van der Waals surface area contributed by atoms with Gasteiger partial charge in [-0.1, -0.05) is 30.7 Å². The van der Waals surface area contributed by atoms with E-state index in [-0.39, 0.29) is 5.91 Å². The van der Waals surface area contributed by atoms with Gasteiger partial charge in [0.05, 0.1) is 7.11 Å². The summed E-state index contributed by atoms with van der Waals surface area (Å²) in [7, 11) is 1.62. The lowest BCUT2D eigenvalue weighted by Crippen LogP contribution is -2.08. The highest BCUT2D eigenvalue weighted by Crippen LogP contribution is 2.25. The van der Waals surface area contributed by atoms with Gasteiger partial charge in [-0.15, -0.1) is 10.2 Å². The summed E-state index contributed by atoms with van der Waals surface area (Å²) in [6.07, 6.45) is 7.78. The molecule has 0 fully saturated rings. The minimum atomic E-state index is -0.190. The van der Waals surface area contributed by atoms with Gasteiger partial charge >= 0.3 is 0 Å². The second kappa shape index (κ2) is 8.73. The third-order valence-electron chi connectivity index (χ3n) is 5.02. The predicted octanol–water partition coefficient (Wildman–Crippen LogP) is 4.33. The molecule has 6 nitrogen and oxygen atoms in total. The van der Waals surface area contributed by atoms with Crippen LogP contribution >= 0.6 is 0 Å². The van der Waals surface area contributed by atoms with Gasteiger partial charge in [0.15, 0.2) is 5.82 Å². The number of rotatable bonds is 5. The van der Waals surface area contributed by atoms with Gasteiger partial charge in [0, 0.05) is 30.3 Å². The molecule has 1 aromatic heterocycles. The first kappa shape index (κ1) is 18.9. The number of nitrogens with one attached hydrogen (secondary N) is 1. The first-order chi connectivity index (χ1) is 14.2.